The highest BCUT2D eigenvalue weighted by Gasteiger charge is 2.60. The van der Waals surface area contributed by atoms with Crippen molar-refractivity contribution in [2.45, 2.75) is 71.9 Å². The predicted molar refractivity (Wildman–Crippen MR) is 159 cm³/mol. The molecular formula is C31H40FN3O6S. The molecule has 3 N–H and O–H groups in total. The van der Waals surface area contributed by atoms with E-state index >= 15 is 0 Å². The molecule has 2 saturated carbocycles. The molecule has 0 saturated heterocycles. The van der Waals surface area contributed by atoms with E-state index < -0.39 is 29.3 Å². The Morgan fingerprint density at radius 2 is 1.95 bits per heavy atom. The van der Waals surface area contributed by atoms with Gasteiger partial charge in [0.1, 0.15) is 25.1 Å². The standard InChI is InChI=1S/C31H40FN3O6S/c1-18-10-11-26-30(4,14-12-27(41-20(3)37)31(26,5)17-40-19(2)36)22(18)16-25(21-13-15-39-28(21)38)34-35-29(42)33-24-9-7-6-8-23(24)32/h6-9,13,22,25-27,34H,1,10-12,14-17H2,2-5H3,(H2,33,35,42)/t22-,25+,26+,27-,30+,31+/m1/s1. The molecule has 0 bridgehead atoms. The predicted octanol–water partition coefficient (Wildman–Crippen LogP) is 4.74. The highest BCUT2D eigenvalue weighted by atomic mass is 32.1. The fourth-order valence-electron chi connectivity index (χ4n) is 7.28. The minimum atomic E-state index is -0.610. The second-order valence-electron chi connectivity index (χ2n) is 12.0. The Morgan fingerprint density at radius 3 is 2.60 bits per heavy atom. The number of carbonyl (C=O) groups is 3. The molecule has 0 radical (unpaired) electrons. The average Bonchev–Trinajstić information content (AvgIpc) is 3.35. The summed E-state index contributed by atoms with van der Waals surface area (Å²) >= 11 is 5.40. The number of rotatable bonds is 9. The van der Waals surface area contributed by atoms with Gasteiger partial charge in [0.15, 0.2) is 5.11 Å². The number of allylic oxidation sites excluding steroid dienone is 1. The van der Waals surface area contributed by atoms with Crippen molar-refractivity contribution in [3.05, 3.63) is 53.9 Å². The molecule has 1 heterocycles. The van der Waals surface area contributed by atoms with Crippen molar-refractivity contribution < 1.29 is 33.0 Å². The Balaban J connectivity index is 1.59. The van der Waals surface area contributed by atoms with Crippen LogP contribution >= 0.6 is 12.2 Å². The molecule has 6 atom stereocenters. The van der Waals surface area contributed by atoms with Gasteiger partial charge in [-0.2, -0.15) is 0 Å². The molecule has 0 unspecified atom stereocenters. The van der Waals surface area contributed by atoms with Gasteiger partial charge < -0.3 is 19.5 Å². The molecule has 0 aromatic heterocycles. The lowest BCUT2D eigenvalue weighted by Crippen LogP contribution is -2.59. The maximum Gasteiger partial charge on any atom is 0.335 e. The molecular weight excluding hydrogens is 561 g/mol. The number of esters is 3. The number of hydrazine groups is 1. The van der Waals surface area contributed by atoms with Gasteiger partial charge in [0.2, 0.25) is 0 Å². The molecule has 228 valence electrons. The zero-order valence-corrected chi connectivity index (χ0v) is 25.4. The van der Waals surface area contributed by atoms with Gasteiger partial charge in [-0.05, 0) is 79.8 Å². The summed E-state index contributed by atoms with van der Waals surface area (Å²) in [5, 5.41) is 2.97. The maximum absolute atomic E-state index is 14.2. The summed E-state index contributed by atoms with van der Waals surface area (Å²) in [6.45, 7) is 11.8. The summed E-state index contributed by atoms with van der Waals surface area (Å²) in [5.41, 5.74) is 6.98. The van der Waals surface area contributed by atoms with E-state index in [1.165, 1.54) is 19.9 Å². The van der Waals surface area contributed by atoms with Crippen molar-refractivity contribution in [2.75, 3.05) is 18.5 Å². The van der Waals surface area contributed by atoms with Gasteiger partial charge in [-0.25, -0.2) is 14.6 Å². The number of fused-ring (bicyclic) bond motifs is 1. The molecule has 1 aliphatic heterocycles. The van der Waals surface area contributed by atoms with Gasteiger partial charge in [0, 0.05) is 19.3 Å². The smallest absolute Gasteiger partial charge is 0.335 e. The minimum Gasteiger partial charge on any atom is -0.465 e. The summed E-state index contributed by atoms with van der Waals surface area (Å²) in [5.74, 6) is -1.60. The third-order valence-electron chi connectivity index (χ3n) is 9.29. The second kappa shape index (κ2) is 12.9. The Kier molecular flexibility index (Phi) is 9.72. The van der Waals surface area contributed by atoms with Crippen LogP contribution in [0.5, 0.6) is 0 Å². The molecule has 1 aromatic rings. The average molecular weight is 602 g/mol. The van der Waals surface area contributed by atoms with Crippen molar-refractivity contribution in [3.8, 4) is 0 Å². The molecule has 2 fully saturated rings. The second-order valence-corrected chi connectivity index (χ2v) is 12.4. The lowest BCUT2D eigenvalue weighted by Gasteiger charge is -2.60. The largest absolute Gasteiger partial charge is 0.465 e. The topological polar surface area (TPSA) is 115 Å². The zero-order valence-electron chi connectivity index (χ0n) is 24.6. The summed E-state index contributed by atoms with van der Waals surface area (Å²) < 4.78 is 30.7. The number of ether oxygens (including phenoxy) is 3. The number of anilines is 1. The van der Waals surface area contributed by atoms with Gasteiger partial charge in [0.05, 0.1) is 17.3 Å². The van der Waals surface area contributed by atoms with E-state index in [0.717, 1.165) is 24.8 Å². The van der Waals surface area contributed by atoms with Crippen molar-refractivity contribution in [1.29, 1.82) is 0 Å². The van der Waals surface area contributed by atoms with Gasteiger partial charge >= 0.3 is 17.9 Å². The normalized spacial score (nSPS) is 29.5. The first kappa shape index (κ1) is 31.6. The van der Waals surface area contributed by atoms with E-state index in [1.807, 2.05) is 6.92 Å². The van der Waals surface area contributed by atoms with E-state index in [-0.39, 0.29) is 53.2 Å². The van der Waals surface area contributed by atoms with Crippen molar-refractivity contribution >= 4 is 40.9 Å². The molecule has 2 aliphatic carbocycles. The number of hydrogen-bond acceptors (Lipinski definition) is 8. The zero-order chi connectivity index (χ0) is 30.7. The molecule has 42 heavy (non-hydrogen) atoms. The van der Waals surface area contributed by atoms with Crippen molar-refractivity contribution in [1.82, 2.24) is 10.9 Å². The SMILES string of the molecule is C=C1CC[C@@H]2[C@](C)(COC(C)=O)[C@H](OC(C)=O)CC[C@@]2(C)[C@@H]1C[C@H](NNC(=S)Nc1ccccc1F)C1=CCOC1=O. The number of para-hydroxylation sites is 1. The number of thiocarbonyl (C=S) groups is 1. The number of benzene rings is 1. The summed E-state index contributed by atoms with van der Waals surface area (Å²) in [4.78, 5) is 36.6. The molecule has 0 spiro atoms. The summed E-state index contributed by atoms with van der Waals surface area (Å²) in [7, 11) is 0. The van der Waals surface area contributed by atoms with E-state index in [2.05, 4.69) is 29.7 Å². The minimum absolute atomic E-state index is 0.0344. The van der Waals surface area contributed by atoms with Gasteiger partial charge in [-0.1, -0.05) is 38.1 Å². The lowest BCUT2D eigenvalue weighted by atomic mass is 9.46. The quantitative estimate of drug-likeness (QED) is 0.121. The first-order chi connectivity index (χ1) is 19.8. The number of nitrogens with one attached hydrogen (secondary N) is 3. The van der Waals surface area contributed by atoms with Crippen LogP contribution in [-0.4, -0.2) is 48.4 Å². The molecule has 1 aromatic carbocycles. The molecule has 4 rings (SSSR count). The van der Waals surface area contributed by atoms with Crippen LogP contribution in [0.25, 0.3) is 0 Å². The first-order valence-corrected chi connectivity index (χ1v) is 14.7. The number of carbonyl (C=O) groups excluding carboxylic acids is 3. The summed E-state index contributed by atoms with van der Waals surface area (Å²) in [6.07, 6.45) is 4.76. The van der Waals surface area contributed by atoms with Crippen LogP contribution in [0.4, 0.5) is 10.1 Å². The number of cyclic esters (lactones) is 1. The van der Waals surface area contributed by atoms with E-state index in [0.29, 0.717) is 18.4 Å². The Bertz CT molecular complexity index is 1290. The third-order valence-corrected chi connectivity index (χ3v) is 9.50. The number of halogens is 1. The Labute approximate surface area is 251 Å². The number of hydrogen-bond donors (Lipinski definition) is 3. The van der Waals surface area contributed by atoms with Gasteiger partial charge in [-0.15, -0.1) is 0 Å². The van der Waals surface area contributed by atoms with Crippen LogP contribution in [0, 0.1) is 28.5 Å². The monoisotopic (exact) mass is 601 g/mol. The van der Waals surface area contributed by atoms with E-state index in [1.54, 1.807) is 24.3 Å². The highest BCUT2D eigenvalue weighted by Crippen LogP contribution is 2.62. The van der Waals surface area contributed by atoms with Crippen LogP contribution < -0.4 is 16.2 Å². The van der Waals surface area contributed by atoms with E-state index in [9.17, 15) is 18.8 Å². The highest BCUT2D eigenvalue weighted by molar-refractivity contribution is 7.80. The van der Waals surface area contributed by atoms with E-state index in [4.69, 9.17) is 26.4 Å². The molecule has 9 nitrogen and oxygen atoms in total. The maximum atomic E-state index is 14.2. The van der Waals surface area contributed by atoms with Crippen LogP contribution in [0.1, 0.15) is 59.8 Å². The Hall–Kier alpha value is -3.31. The van der Waals surface area contributed by atoms with Gasteiger partial charge in [0.25, 0.3) is 0 Å². The van der Waals surface area contributed by atoms with Crippen molar-refractivity contribution in [2.24, 2.45) is 22.7 Å². The fraction of sp³-hybridized carbons (Fsp3) is 0.548. The summed E-state index contributed by atoms with van der Waals surface area (Å²) in [6, 6.07) is 5.69. The lowest BCUT2D eigenvalue weighted by molar-refractivity contribution is -0.192. The molecule has 0 amide bonds. The van der Waals surface area contributed by atoms with Crippen LogP contribution in [0.3, 0.4) is 0 Å². The first-order valence-electron chi connectivity index (χ1n) is 14.3. The molecule has 3 aliphatic rings. The van der Waals surface area contributed by atoms with Crippen LogP contribution in [-0.2, 0) is 28.6 Å². The van der Waals surface area contributed by atoms with Crippen LogP contribution in [0.15, 0.2) is 48.1 Å². The van der Waals surface area contributed by atoms with Crippen LogP contribution in [0.2, 0.25) is 0 Å². The van der Waals surface area contributed by atoms with Crippen molar-refractivity contribution in [3.63, 3.8) is 0 Å². The molecule has 11 heteroatoms. The fourth-order valence-corrected chi connectivity index (χ4v) is 7.45. The third kappa shape index (κ3) is 6.67. The Morgan fingerprint density at radius 1 is 1.21 bits per heavy atom. The van der Waals surface area contributed by atoms with Gasteiger partial charge in [-0.3, -0.25) is 15.0 Å².